The molecule has 0 aliphatic carbocycles. The predicted octanol–water partition coefficient (Wildman–Crippen LogP) is 3.91. The van der Waals surface area contributed by atoms with Crippen molar-refractivity contribution >= 4 is 11.3 Å². The molecule has 0 saturated carbocycles. The average molecular weight is 390 g/mol. The summed E-state index contributed by atoms with van der Waals surface area (Å²) in [6.45, 7) is 6.51. The van der Waals surface area contributed by atoms with Crippen molar-refractivity contribution in [2.24, 2.45) is 0 Å². The van der Waals surface area contributed by atoms with Crippen LogP contribution >= 0.6 is 11.3 Å². The van der Waals surface area contributed by atoms with Gasteiger partial charge < -0.3 is 4.98 Å². The number of thiophene rings is 1. The van der Waals surface area contributed by atoms with Crippen molar-refractivity contribution in [1.82, 2.24) is 14.9 Å². The first kappa shape index (κ1) is 18.7. The van der Waals surface area contributed by atoms with E-state index < -0.39 is 0 Å². The Morgan fingerprint density at radius 1 is 1.18 bits per heavy atom. The number of H-pyrrole nitrogens is 1. The zero-order valence-corrected chi connectivity index (χ0v) is 17.0. The monoisotopic (exact) mass is 389 g/mol. The van der Waals surface area contributed by atoms with Gasteiger partial charge in [0.05, 0.1) is 16.1 Å². The molecule has 3 aromatic rings. The Kier molecular flexibility index (Phi) is 5.43. The van der Waals surface area contributed by atoms with E-state index >= 15 is 0 Å². The molecule has 1 N–H and O–H groups in total. The van der Waals surface area contributed by atoms with Crippen molar-refractivity contribution < 1.29 is 0 Å². The van der Waals surface area contributed by atoms with E-state index in [1.165, 1.54) is 4.88 Å². The lowest BCUT2D eigenvalue weighted by Gasteiger charge is -2.27. The highest BCUT2D eigenvalue weighted by Crippen LogP contribution is 2.22. The highest BCUT2D eigenvalue weighted by atomic mass is 32.1. The number of nitrogens with zero attached hydrogens (tertiary/aromatic N) is 2. The zero-order valence-electron chi connectivity index (χ0n) is 16.2. The summed E-state index contributed by atoms with van der Waals surface area (Å²) in [5.74, 6) is 7.47. The fourth-order valence-electron chi connectivity index (χ4n) is 3.31. The van der Waals surface area contributed by atoms with E-state index in [4.69, 9.17) is 0 Å². The van der Waals surface area contributed by atoms with E-state index in [-0.39, 0.29) is 11.5 Å². The van der Waals surface area contributed by atoms with Gasteiger partial charge in [0, 0.05) is 42.4 Å². The van der Waals surface area contributed by atoms with Crippen LogP contribution in [0.1, 0.15) is 52.2 Å². The average Bonchev–Trinajstić information content (AvgIpc) is 3.15. The Hall–Kier alpha value is -2.68. The number of nitrogens with one attached hydrogen (secondary N) is 1. The summed E-state index contributed by atoms with van der Waals surface area (Å²) in [6.07, 6.45) is 0.824. The van der Waals surface area contributed by atoms with Crippen molar-refractivity contribution in [3.63, 3.8) is 0 Å². The maximum Gasteiger partial charge on any atom is 0.255 e. The van der Waals surface area contributed by atoms with Crippen molar-refractivity contribution in [2.75, 3.05) is 6.54 Å². The number of aromatic amines is 1. The summed E-state index contributed by atoms with van der Waals surface area (Å²) in [5, 5.41) is 0. The lowest BCUT2D eigenvalue weighted by atomic mass is 10.1. The summed E-state index contributed by atoms with van der Waals surface area (Å²) in [6, 6.07) is 14.2. The van der Waals surface area contributed by atoms with Crippen LogP contribution < -0.4 is 5.56 Å². The van der Waals surface area contributed by atoms with Gasteiger partial charge in [-0.05, 0) is 24.3 Å². The van der Waals surface area contributed by atoms with Crippen molar-refractivity contribution in [3.8, 4) is 11.8 Å². The topological polar surface area (TPSA) is 49.0 Å². The van der Waals surface area contributed by atoms with Crippen LogP contribution in [0.4, 0.5) is 0 Å². The van der Waals surface area contributed by atoms with Crippen molar-refractivity contribution in [1.29, 1.82) is 0 Å². The molecule has 3 heterocycles. The van der Waals surface area contributed by atoms with Crippen LogP contribution in [0.5, 0.6) is 0 Å². The van der Waals surface area contributed by atoms with Gasteiger partial charge in [-0.3, -0.25) is 9.69 Å². The normalized spacial score (nSPS) is 13.8. The number of hydrogen-bond acceptors (Lipinski definition) is 4. The Labute approximate surface area is 169 Å². The largest absolute Gasteiger partial charge is 0.310 e. The molecular formula is C23H23N3OS. The van der Waals surface area contributed by atoms with Gasteiger partial charge in [0.2, 0.25) is 0 Å². The van der Waals surface area contributed by atoms with Crippen LogP contribution in [-0.4, -0.2) is 21.4 Å². The molecule has 4 rings (SSSR count). The minimum absolute atomic E-state index is 0.0130. The standard InChI is InChI=1S/C23H23N3OS/c1-16(2)22-24-21-12-13-26(15-20(21)23(27)25-22)14-19-11-10-18(28-19)9-8-17-6-4-3-5-7-17/h3-7,10-11,16H,12-15H2,1-2H3,(H,24,25,27). The van der Waals surface area contributed by atoms with Gasteiger partial charge in [-0.15, -0.1) is 11.3 Å². The van der Waals surface area contributed by atoms with Crippen LogP contribution in [-0.2, 0) is 19.5 Å². The molecule has 0 saturated heterocycles. The number of hydrogen-bond donors (Lipinski definition) is 1. The molecule has 0 radical (unpaired) electrons. The SMILES string of the molecule is CC(C)c1nc2c(c(=O)[nH]1)CN(Cc1ccc(C#Cc3ccccc3)s1)CC2. The lowest BCUT2D eigenvalue weighted by molar-refractivity contribution is 0.243. The molecule has 28 heavy (non-hydrogen) atoms. The number of aromatic nitrogens is 2. The third-order valence-electron chi connectivity index (χ3n) is 4.86. The van der Waals surface area contributed by atoms with Gasteiger partial charge in [0.25, 0.3) is 5.56 Å². The highest BCUT2D eigenvalue weighted by Gasteiger charge is 2.22. The summed E-state index contributed by atoms with van der Waals surface area (Å²) < 4.78 is 0. The lowest BCUT2D eigenvalue weighted by Crippen LogP contribution is -2.35. The van der Waals surface area contributed by atoms with E-state index in [2.05, 4.69) is 52.7 Å². The molecule has 1 aromatic carbocycles. The molecule has 0 unspecified atom stereocenters. The van der Waals surface area contributed by atoms with Crippen LogP contribution in [0, 0.1) is 11.8 Å². The van der Waals surface area contributed by atoms with E-state index in [0.717, 1.165) is 47.0 Å². The van der Waals surface area contributed by atoms with E-state index in [1.54, 1.807) is 11.3 Å². The smallest absolute Gasteiger partial charge is 0.255 e. The molecule has 2 aromatic heterocycles. The van der Waals surface area contributed by atoms with Crippen LogP contribution in [0.15, 0.2) is 47.3 Å². The minimum Gasteiger partial charge on any atom is -0.310 e. The third kappa shape index (κ3) is 4.24. The molecule has 1 aliphatic heterocycles. The van der Waals surface area contributed by atoms with Gasteiger partial charge >= 0.3 is 0 Å². The van der Waals surface area contributed by atoms with Gasteiger partial charge in [0.1, 0.15) is 5.82 Å². The quantitative estimate of drug-likeness (QED) is 0.691. The maximum atomic E-state index is 12.5. The second-order valence-electron chi connectivity index (χ2n) is 7.37. The second kappa shape index (κ2) is 8.14. The first-order valence-electron chi connectivity index (χ1n) is 9.58. The van der Waals surface area contributed by atoms with Crippen LogP contribution in [0.2, 0.25) is 0 Å². The van der Waals surface area contributed by atoms with Crippen molar-refractivity contribution in [2.45, 2.75) is 39.3 Å². The molecule has 4 nitrogen and oxygen atoms in total. The molecule has 0 amide bonds. The molecule has 0 bridgehead atoms. The first-order valence-corrected chi connectivity index (χ1v) is 10.4. The van der Waals surface area contributed by atoms with E-state index in [9.17, 15) is 4.79 Å². The highest BCUT2D eigenvalue weighted by molar-refractivity contribution is 7.12. The molecule has 0 spiro atoms. The summed E-state index contributed by atoms with van der Waals surface area (Å²) >= 11 is 1.72. The number of fused-ring (bicyclic) bond motifs is 1. The second-order valence-corrected chi connectivity index (χ2v) is 8.54. The van der Waals surface area contributed by atoms with Gasteiger partial charge in [-0.2, -0.15) is 0 Å². The maximum absolute atomic E-state index is 12.5. The summed E-state index contributed by atoms with van der Waals surface area (Å²) in [7, 11) is 0. The zero-order chi connectivity index (χ0) is 19.5. The molecule has 5 heteroatoms. The van der Waals surface area contributed by atoms with E-state index in [0.29, 0.717) is 6.54 Å². The Bertz CT molecular complexity index is 1090. The van der Waals surface area contributed by atoms with Gasteiger partial charge in [-0.25, -0.2) is 4.98 Å². The Morgan fingerprint density at radius 3 is 2.79 bits per heavy atom. The minimum atomic E-state index is 0.0130. The molecule has 1 aliphatic rings. The van der Waals surface area contributed by atoms with Gasteiger partial charge in [-0.1, -0.05) is 43.9 Å². The fraction of sp³-hybridized carbons (Fsp3) is 0.304. The third-order valence-corrected chi connectivity index (χ3v) is 5.84. The van der Waals surface area contributed by atoms with E-state index in [1.807, 2.05) is 30.3 Å². The first-order chi connectivity index (χ1) is 13.6. The Balaban J connectivity index is 1.45. The molecule has 0 fully saturated rings. The number of benzene rings is 1. The predicted molar refractivity (Wildman–Crippen MR) is 114 cm³/mol. The Morgan fingerprint density at radius 2 is 2.00 bits per heavy atom. The molecular weight excluding hydrogens is 366 g/mol. The summed E-state index contributed by atoms with van der Waals surface area (Å²) in [5.41, 5.74) is 2.82. The number of rotatable bonds is 3. The van der Waals surface area contributed by atoms with Crippen LogP contribution in [0.3, 0.4) is 0 Å². The summed E-state index contributed by atoms with van der Waals surface area (Å²) in [4.78, 5) is 24.7. The molecule has 0 atom stereocenters. The van der Waals surface area contributed by atoms with Gasteiger partial charge in [0.15, 0.2) is 0 Å². The van der Waals surface area contributed by atoms with Crippen LogP contribution in [0.25, 0.3) is 0 Å². The molecule has 142 valence electrons. The van der Waals surface area contributed by atoms with Crippen molar-refractivity contribution in [3.05, 3.63) is 85.2 Å². The fourth-order valence-corrected chi connectivity index (χ4v) is 4.22.